The Balaban J connectivity index is 1.95. The highest BCUT2D eigenvalue weighted by Crippen LogP contribution is 2.36. The van der Waals surface area contributed by atoms with Crippen LogP contribution in [0.2, 0.25) is 5.02 Å². The van der Waals surface area contributed by atoms with Crippen molar-refractivity contribution in [3.05, 3.63) is 29.0 Å². The minimum absolute atomic E-state index is 0.573. The number of rotatable bonds is 3. The van der Waals surface area contributed by atoms with Gasteiger partial charge < -0.3 is 10.3 Å². The maximum Gasteiger partial charge on any atom is 0.112 e. The van der Waals surface area contributed by atoms with Crippen molar-refractivity contribution in [3.8, 4) is 0 Å². The SMILES string of the molecule is CCn1c(C2CCC(CN)CC2)nc2cc(Cl)ccc21. The summed E-state index contributed by atoms with van der Waals surface area (Å²) in [7, 11) is 0. The third-order valence-electron chi connectivity index (χ3n) is 4.60. The Morgan fingerprint density at radius 2 is 2.05 bits per heavy atom. The normalized spacial score (nSPS) is 23.4. The van der Waals surface area contributed by atoms with Gasteiger partial charge in [-0.05, 0) is 63.3 Å². The summed E-state index contributed by atoms with van der Waals surface area (Å²) in [6, 6.07) is 6.01. The van der Waals surface area contributed by atoms with Crippen molar-refractivity contribution in [1.82, 2.24) is 9.55 Å². The van der Waals surface area contributed by atoms with E-state index in [1.54, 1.807) is 0 Å². The first kappa shape index (κ1) is 13.9. The Morgan fingerprint density at radius 1 is 1.30 bits per heavy atom. The highest BCUT2D eigenvalue weighted by Gasteiger charge is 2.25. The molecule has 1 fully saturated rings. The van der Waals surface area contributed by atoms with Crippen LogP contribution in [0.5, 0.6) is 0 Å². The van der Waals surface area contributed by atoms with Crippen LogP contribution < -0.4 is 5.73 Å². The van der Waals surface area contributed by atoms with Gasteiger partial charge in [-0.3, -0.25) is 0 Å². The van der Waals surface area contributed by atoms with E-state index in [1.807, 2.05) is 12.1 Å². The molecule has 0 unspecified atom stereocenters. The van der Waals surface area contributed by atoms with E-state index in [-0.39, 0.29) is 0 Å². The molecule has 108 valence electrons. The van der Waals surface area contributed by atoms with Crippen LogP contribution in [0.15, 0.2) is 18.2 Å². The van der Waals surface area contributed by atoms with E-state index in [9.17, 15) is 0 Å². The summed E-state index contributed by atoms with van der Waals surface area (Å²) in [4.78, 5) is 4.87. The maximum atomic E-state index is 6.08. The zero-order valence-corrected chi connectivity index (χ0v) is 12.7. The van der Waals surface area contributed by atoms with Crippen molar-refractivity contribution in [3.63, 3.8) is 0 Å². The van der Waals surface area contributed by atoms with Crippen molar-refractivity contribution < 1.29 is 0 Å². The molecule has 20 heavy (non-hydrogen) atoms. The predicted octanol–water partition coefficient (Wildman–Crippen LogP) is 3.94. The third kappa shape index (κ3) is 2.45. The summed E-state index contributed by atoms with van der Waals surface area (Å²) in [6.07, 6.45) is 4.88. The van der Waals surface area contributed by atoms with Gasteiger partial charge in [0.25, 0.3) is 0 Å². The van der Waals surface area contributed by atoms with E-state index < -0.39 is 0 Å². The molecule has 1 aliphatic carbocycles. The molecule has 1 aliphatic rings. The second-order valence-electron chi connectivity index (χ2n) is 5.80. The van der Waals surface area contributed by atoms with Crippen LogP contribution in [0, 0.1) is 5.92 Å². The lowest BCUT2D eigenvalue weighted by molar-refractivity contribution is 0.321. The van der Waals surface area contributed by atoms with Crippen LogP contribution >= 0.6 is 11.6 Å². The topological polar surface area (TPSA) is 43.8 Å². The van der Waals surface area contributed by atoms with Crippen LogP contribution in [-0.2, 0) is 6.54 Å². The lowest BCUT2D eigenvalue weighted by Crippen LogP contribution is -2.22. The molecule has 1 aromatic heterocycles. The number of benzene rings is 1. The fourth-order valence-electron chi connectivity index (χ4n) is 3.42. The number of halogens is 1. The van der Waals surface area contributed by atoms with Gasteiger partial charge in [-0.2, -0.15) is 0 Å². The molecule has 1 aromatic carbocycles. The number of aryl methyl sites for hydroxylation is 1. The molecule has 0 bridgehead atoms. The van der Waals surface area contributed by atoms with E-state index in [1.165, 1.54) is 37.0 Å². The Labute approximate surface area is 125 Å². The Bertz CT molecular complexity index is 597. The number of hydrogen-bond acceptors (Lipinski definition) is 2. The zero-order valence-electron chi connectivity index (χ0n) is 12.0. The molecule has 2 N–H and O–H groups in total. The number of imidazole rings is 1. The van der Waals surface area contributed by atoms with Gasteiger partial charge in [-0.25, -0.2) is 4.98 Å². The van der Waals surface area contributed by atoms with Gasteiger partial charge in [0.2, 0.25) is 0 Å². The van der Waals surface area contributed by atoms with Gasteiger partial charge in [0, 0.05) is 17.5 Å². The molecule has 0 amide bonds. The first-order valence-corrected chi connectivity index (χ1v) is 7.96. The maximum absolute atomic E-state index is 6.08. The van der Waals surface area contributed by atoms with Crippen LogP contribution in [-0.4, -0.2) is 16.1 Å². The van der Waals surface area contributed by atoms with Crippen molar-refractivity contribution >= 4 is 22.6 Å². The monoisotopic (exact) mass is 291 g/mol. The highest BCUT2D eigenvalue weighted by molar-refractivity contribution is 6.31. The summed E-state index contributed by atoms with van der Waals surface area (Å²) in [6.45, 7) is 3.97. The molecule has 2 aromatic rings. The molecule has 0 radical (unpaired) electrons. The molecule has 0 atom stereocenters. The standard InChI is InChI=1S/C16H22ClN3/c1-2-20-15-8-7-13(17)9-14(15)19-16(20)12-5-3-11(10-18)4-6-12/h7-9,11-12H,2-6,10,18H2,1H3. The number of nitrogens with two attached hydrogens (primary N) is 1. The Morgan fingerprint density at radius 3 is 2.70 bits per heavy atom. The van der Waals surface area contributed by atoms with Gasteiger partial charge in [0.05, 0.1) is 11.0 Å². The largest absolute Gasteiger partial charge is 0.330 e. The lowest BCUT2D eigenvalue weighted by atomic mass is 9.81. The molecular formula is C16H22ClN3. The first-order valence-electron chi connectivity index (χ1n) is 7.58. The Kier molecular flexibility index (Phi) is 3.99. The van der Waals surface area contributed by atoms with E-state index in [2.05, 4.69) is 17.6 Å². The number of fused-ring (bicyclic) bond motifs is 1. The summed E-state index contributed by atoms with van der Waals surface area (Å²) in [5.41, 5.74) is 8.01. The fourth-order valence-corrected chi connectivity index (χ4v) is 3.59. The second-order valence-corrected chi connectivity index (χ2v) is 6.24. The van der Waals surface area contributed by atoms with E-state index in [0.29, 0.717) is 11.8 Å². The average Bonchev–Trinajstić information content (AvgIpc) is 2.84. The number of hydrogen-bond donors (Lipinski definition) is 1. The molecule has 1 heterocycles. The van der Waals surface area contributed by atoms with Crippen molar-refractivity contribution in [2.24, 2.45) is 11.7 Å². The van der Waals surface area contributed by atoms with E-state index >= 15 is 0 Å². The quantitative estimate of drug-likeness (QED) is 0.931. The van der Waals surface area contributed by atoms with Crippen molar-refractivity contribution in [1.29, 1.82) is 0 Å². The second kappa shape index (κ2) is 5.74. The van der Waals surface area contributed by atoms with Crippen molar-refractivity contribution in [2.75, 3.05) is 6.54 Å². The van der Waals surface area contributed by atoms with Gasteiger partial charge >= 0.3 is 0 Å². The first-order chi connectivity index (χ1) is 9.72. The van der Waals surface area contributed by atoms with E-state index in [0.717, 1.165) is 23.6 Å². The Hall–Kier alpha value is -1.06. The minimum atomic E-state index is 0.573. The zero-order chi connectivity index (χ0) is 14.1. The molecule has 3 rings (SSSR count). The molecule has 3 nitrogen and oxygen atoms in total. The van der Waals surface area contributed by atoms with Crippen LogP contribution in [0.3, 0.4) is 0 Å². The van der Waals surface area contributed by atoms with Gasteiger partial charge in [0.1, 0.15) is 5.82 Å². The van der Waals surface area contributed by atoms with E-state index in [4.69, 9.17) is 22.3 Å². The van der Waals surface area contributed by atoms with Crippen LogP contribution in [0.1, 0.15) is 44.3 Å². The summed E-state index contributed by atoms with van der Waals surface area (Å²) in [5, 5.41) is 0.761. The van der Waals surface area contributed by atoms with Gasteiger partial charge in [-0.15, -0.1) is 0 Å². The van der Waals surface area contributed by atoms with Crippen molar-refractivity contribution in [2.45, 2.75) is 45.1 Å². The smallest absolute Gasteiger partial charge is 0.112 e. The molecule has 4 heteroatoms. The predicted molar refractivity (Wildman–Crippen MR) is 84.2 cm³/mol. The molecule has 1 saturated carbocycles. The summed E-state index contributed by atoms with van der Waals surface area (Å²) in [5.74, 6) is 2.52. The molecule has 0 aliphatic heterocycles. The van der Waals surface area contributed by atoms with Crippen LogP contribution in [0.25, 0.3) is 11.0 Å². The summed E-state index contributed by atoms with van der Waals surface area (Å²) < 4.78 is 2.35. The number of nitrogens with zero attached hydrogens (tertiary/aromatic N) is 2. The number of aromatic nitrogens is 2. The fraction of sp³-hybridized carbons (Fsp3) is 0.562. The lowest BCUT2D eigenvalue weighted by Gasteiger charge is -2.27. The van der Waals surface area contributed by atoms with Gasteiger partial charge in [0.15, 0.2) is 0 Å². The molecule has 0 saturated heterocycles. The van der Waals surface area contributed by atoms with Gasteiger partial charge in [-0.1, -0.05) is 11.6 Å². The highest BCUT2D eigenvalue weighted by atomic mass is 35.5. The summed E-state index contributed by atoms with van der Waals surface area (Å²) >= 11 is 6.08. The average molecular weight is 292 g/mol. The van der Waals surface area contributed by atoms with Crippen LogP contribution in [0.4, 0.5) is 0 Å². The minimum Gasteiger partial charge on any atom is -0.330 e. The third-order valence-corrected chi connectivity index (χ3v) is 4.84. The molecular weight excluding hydrogens is 270 g/mol. The molecule has 0 spiro atoms.